The van der Waals surface area contributed by atoms with Crippen LogP contribution in [-0.2, 0) is 32.7 Å². The van der Waals surface area contributed by atoms with Gasteiger partial charge in [0.15, 0.2) is 6.10 Å². The molecule has 0 fully saturated rings. The Kier molecular flexibility index (Phi) is 31.0. The molecular formula is C38H65O11P. The lowest BCUT2D eigenvalue weighted by atomic mass is 10.0. The number of esters is 2. The number of rotatable bonds is 32. The van der Waals surface area contributed by atoms with Crippen molar-refractivity contribution in [1.82, 2.24) is 0 Å². The van der Waals surface area contributed by atoms with E-state index in [9.17, 15) is 29.3 Å². The topological polar surface area (TPSA) is 169 Å². The van der Waals surface area contributed by atoms with Crippen LogP contribution in [-0.4, -0.2) is 76.9 Å². The molecule has 0 aliphatic heterocycles. The highest BCUT2D eigenvalue weighted by Crippen LogP contribution is 2.43. The maximum absolute atomic E-state index is 12.5. The van der Waals surface area contributed by atoms with Gasteiger partial charge < -0.3 is 29.7 Å². The standard InChI is InChI=1S/C38H65O11P/c1-4-5-6-7-15-20-25-34(40)26-21-16-10-8-9-11-17-22-27-37(42)46-31-36(32-48-50(44,45)47-30-35(41)29-39)49-38(43)28-23-18-13-12-14-19-24-33(2)3/h5-6,9-11,15-16,20-21,26,33-36,39-41H,4,7-8,12-14,17-19,22-25,27-32H2,1-3H3,(H,44,45)/b6-5-,11-9-,16-10-,20-15-,26-21+/t34?,35-,36+/m0/s1. The number of hydrogen-bond acceptors (Lipinski definition) is 10. The van der Waals surface area contributed by atoms with Crippen LogP contribution in [0.3, 0.4) is 0 Å². The zero-order valence-electron chi connectivity index (χ0n) is 30.6. The third kappa shape index (κ3) is 32.8. The smallest absolute Gasteiger partial charge is 0.462 e. The molecule has 4 N–H and O–H groups in total. The molecule has 0 radical (unpaired) electrons. The minimum Gasteiger partial charge on any atom is -0.462 e. The van der Waals surface area contributed by atoms with Crippen molar-refractivity contribution in [3.63, 3.8) is 0 Å². The lowest BCUT2D eigenvalue weighted by Crippen LogP contribution is -2.29. The van der Waals surface area contributed by atoms with E-state index in [2.05, 4.69) is 37.4 Å². The molecule has 0 saturated heterocycles. The number of allylic oxidation sites excluding steroid dienone is 8. The summed E-state index contributed by atoms with van der Waals surface area (Å²) in [6, 6.07) is 0. The lowest BCUT2D eigenvalue weighted by Gasteiger charge is -2.20. The second kappa shape index (κ2) is 32.5. The zero-order chi connectivity index (χ0) is 37.3. The minimum atomic E-state index is -4.64. The predicted octanol–water partition coefficient (Wildman–Crippen LogP) is 7.60. The molecule has 4 atom stereocenters. The number of carbonyl (C=O) groups is 2. The normalized spacial score (nSPS) is 15.5. The van der Waals surface area contributed by atoms with Crippen molar-refractivity contribution in [3.05, 3.63) is 60.8 Å². The predicted molar refractivity (Wildman–Crippen MR) is 197 cm³/mol. The molecular weight excluding hydrogens is 663 g/mol. The average molecular weight is 729 g/mol. The van der Waals surface area contributed by atoms with Gasteiger partial charge >= 0.3 is 19.8 Å². The van der Waals surface area contributed by atoms with Crippen molar-refractivity contribution in [1.29, 1.82) is 0 Å². The molecule has 0 aromatic rings. The molecule has 12 heteroatoms. The number of phosphoric acid groups is 1. The van der Waals surface area contributed by atoms with Crippen molar-refractivity contribution < 1.29 is 52.9 Å². The van der Waals surface area contributed by atoms with E-state index in [1.165, 1.54) is 19.3 Å². The number of phosphoric ester groups is 1. The van der Waals surface area contributed by atoms with Crippen LogP contribution >= 0.6 is 7.82 Å². The molecule has 11 nitrogen and oxygen atoms in total. The first kappa shape index (κ1) is 47.6. The number of aliphatic hydroxyl groups excluding tert-OH is 3. The fraction of sp³-hybridized carbons (Fsp3) is 0.684. The van der Waals surface area contributed by atoms with E-state index in [1.807, 2.05) is 42.5 Å². The summed E-state index contributed by atoms with van der Waals surface area (Å²) >= 11 is 0. The number of carbonyl (C=O) groups excluding carboxylic acids is 2. The van der Waals surface area contributed by atoms with Gasteiger partial charge in [-0.05, 0) is 50.9 Å². The molecule has 0 aliphatic rings. The Morgan fingerprint density at radius 3 is 2.10 bits per heavy atom. The van der Waals surface area contributed by atoms with E-state index in [0.717, 1.165) is 32.1 Å². The van der Waals surface area contributed by atoms with Crippen molar-refractivity contribution in [2.75, 3.05) is 26.4 Å². The molecule has 0 aliphatic carbocycles. The third-order valence-corrected chi connectivity index (χ3v) is 8.15. The van der Waals surface area contributed by atoms with Crippen LogP contribution in [0.2, 0.25) is 0 Å². The van der Waals surface area contributed by atoms with Crippen LogP contribution in [0.4, 0.5) is 0 Å². The van der Waals surface area contributed by atoms with Crippen LogP contribution in [0.5, 0.6) is 0 Å². The molecule has 0 saturated carbocycles. The Labute approximate surface area is 300 Å². The molecule has 0 amide bonds. The SMILES string of the molecule is CC/C=C\C/C=C\CC(O)/C=C/C=C\C/C=C\CCCC(=O)OC[C@H](COP(=O)(O)OC[C@@H](O)CO)OC(=O)CCCCCCCCC(C)C. The summed E-state index contributed by atoms with van der Waals surface area (Å²) in [6.45, 7) is 4.27. The first-order valence-electron chi connectivity index (χ1n) is 18.2. The Balaban J connectivity index is 4.54. The Bertz CT molecular complexity index is 1050. The highest BCUT2D eigenvalue weighted by molar-refractivity contribution is 7.47. The number of ether oxygens (including phenoxy) is 2. The number of unbranched alkanes of at least 4 members (excludes halogenated alkanes) is 6. The quantitative estimate of drug-likeness (QED) is 0.0177. The molecule has 0 heterocycles. The van der Waals surface area contributed by atoms with Gasteiger partial charge in [0.2, 0.25) is 0 Å². The van der Waals surface area contributed by atoms with Crippen LogP contribution in [0.1, 0.15) is 117 Å². The van der Waals surface area contributed by atoms with Gasteiger partial charge in [-0.3, -0.25) is 18.6 Å². The van der Waals surface area contributed by atoms with E-state index in [1.54, 1.807) is 6.08 Å². The van der Waals surface area contributed by atoms with E-state index in [-0.39, 0.29) is 19.4 Å². The first-order valence-corrected chi connectivity index (χ1v) is 19.7. The second-order valence-corrected chi connectivity index (χ2v) is 14.0. The Hall–Kier alpha value is -2.37. The highest BCUT2D eigenvalue weighted by Gasteiger charge is 2.27. The largest absolute Gasteiger partial charge is 0.472 e. The summed E-state index contributed by atoms with van der Waals surface area (Å²) in [4.78, 5) is 34.7. The van der Waals surface area contributed by atoms with E-state index in [0.29, 0.717) is 38.0 Å². The van der Waals surface area contributed by atoms with E-state index in [4.69, 9.17) is 19.1 Å². The molecule has 0 aromatic heterocycles. The van der Waals surface area contributed by atoms with Gasteiger partial charge in [-0.15, -0.1) is 0 Å². The van der Waals surface area contributed by atoms with Crippen molar-refractivity contribution >= 4 is 19.8 Å². The fourth-order valence-electron chi connectivity index (χ4n) is 4.35. The first-order chi connectivity index (χ1) is 24.0. The van der Waals surface area contributed by atoms with Gasteiger partial charge in [0.25, 0.3) is 0 Å². The summed E-state index contributed by atoms with van der Waals surface area (Å²) in [6.07, 6.45) is 28.4. The zero-order valence-corrected chi connectivity index (χ0v) is 31.5. The summed E-state index contributed by atoms with van der Waals surface area (Å²) in [5.41, 5.74) is 0. The molecule has 50 heavy (non-hydrogen) atoms. The molecule has 288 valence electrons. The van der Waals surface area contributed by atoms with Gasteiger partial charge in [-0.25, -0.2) is 4.57 Å². The van der Waals surface area contributed by atoms with Crippen LogP contribution in [0.15, 0.2) is 60.8 Å². The van der Waals surface area contributed by atoms with Gasteiger partial charge in [0.1, 0.15) is 12.7 Å². The van der Waals surface area contributed by atoms with Gasteiger partial charge in [0, 0.05) is 12.8 Å². The number of hydrogen-bond donors (Lipinski definition) is 4. The van der Waals surface area contributed by atoms with Gasteiger partial charge in [-0.1, -0.05) is 120 Å². The van der Waals surface area contributed by atoms with Crippen molar-refractivity contribution in [2.45, 2.75) is 135 Å². The van der Waals surface area contributed by atoms with Crippen molar-refractivity contribution in [3.8, 4) is 0 Å². The summed E-state index contributed by atoms with van der Waals surface area (Å²) in [5, 5.41) is 28.2. The monoisotopic (exact) mass is 728 g/mol. The maximum Gasteiger partial charge on any atom is 0.472 e. The Morgan fingerprint density at radius 2 is 1.38 bits per heavy atom. The minimum absolute atomic E-state index is 0.128. The van der Waals surface area contributed by atoms with Crippen LogP contribution in [0.25, 0.3) is 0 Å². The molecule has 0 spiro atoms. The molecule has 0 rings (SSSR count). The summed E-state index contributed by atoms with van der Waals surface area (Å²) < 4.78 is 32.4. The van der Waals surface area contributed by atoms with Gasteiger partial charge in [0.05, 0.1) is 25.9 Å². The van der Waals surface area contributed by atoms with Crippen LogP contribution < -0.4 is 0 Å². The molecule has 0 bridgehead atoms. The fourth-order valence-corrected chi connectivity index (χ4v) is 5.14. The maximum atomic E-state index is 12.5. The van der Waals surface area contributed by atoms with E-state index >= 15 is 0 Å². The third-order valence-electron chi connectivity index (χ3n) is 7.19. The van der Waals surface area contributed by atoms with Gasteiger partial charge in [-0.2, -0.15) is 0 Å². The second-order valence-electron chi connectivity index (χ2n) is 12.5. The molecule has 0 aromatic carbocycles. The van der Waals surface area contributed by atoms with E-state index < -0.39 is 57.9 Å². The number of aliphatic hydroxyl groups is 3. The summed E-state index contributed by atoms with van der Waals surface area (Å²) in [7, 11) is -4.64. The highest BCUT2D eigenvalue weighted by atomic mass is 31.2. The molecule has 2 unspecified atom stereocenters. The Morgan fingerprint density at radius 1 is 0.740 bits per heavy atom. The average Bonchev–Trinajstić information content (AvgIpc) is 3.08. The van der Waals surface area contributed by atoms with Crippen LogP contribution in [0, 0.1) is 5.92 Å². The van der Waals surface area contributed by atoms with Crippen molar-refractivity contribution in [2.24, 2.45) is 5.92 Å². The lowest BCUT2D eigenvalue weighted by molar-refractivity contribution is -0.161. The summed E-state index contributed by atoms with van der Waals surface area (Å²) in [5.74, 6) is -0.345.